The molecule has 0 aromatic rings. The molecule has 0 aromatic heterocycles. The summed E-state index contributed by atoms with van der Waals surface area (Å²) >= 11 is 0. The third-order valence-electron chi connectivity index (χ3n) is 5.33. The minimum Gasteiger partial charge on any atom is -0.293 e. The van der Waals surface area contributed by atoms with E-state index in [9.17, 15) is 10.1 Å². The molecule has 0 heterocycles. The zero-order valence-corrected chi connectivity index (χ0v) is 16.3. The number of ketones is 1. The van der Waals surface area contributed by atoms with E-state index in [0.717, 1.165) is 0 Å². The van der Waals surface area contributed by atoms with Crippen molar-refractivity contribution in [3.8, 4) is 17.5 Å². The number of allylic oxidation sites excluding steroid dienone is 3. The first-order valence-electron chi connectivity index (χ1n) is 8.45. The van der Waals surface area contributed by atoms with Gasteiger partial charge in [-0.2, -0.15) is 5.26 Å². The molecule has 2 unspecified atom stereocenters. The molecule has 0 radical (unpaired) electrons. The van der Waals surface area contributed by atoms with Crippen molar-refractivity contribution < 1.29 is 4.79 Å². The molecule has 0 spiro atoms. The molecule has 0 saturated heterocycles. The lowest BCUT2D eigenvalue weighted by Gasteiger charge is -2.38. The molecule has 0 N–H and O–H groups in total. The Morgan fingerprint density at radius 3 is 2.17 bits per heavy atom. The third kappa shape index (κ3) is 3.67. The fourth-order valence-corrected chi connectivity index (χ4v) is 9.23. The van der Waals surface area contributed by atoms with Crippen molar-refractivity contribution in [1.82, 2.24) is 0 Å². The van der Waals surface area contributed by atoms with E-state index in [1.54, 1.807) is 6.08 Å². The summed E-state index contributed by atoms with van der Waals surface area (Å²) in [6.45, 7) is 17.6. The van der Waals surface area contributed by atoms with Gasteiger partial charge in [0, 0.05) is 0 Å². The summed E-state index contributed by atoms with van der Waals surface area (Å²) in [5.41, 5.74) is 4.81. The van der Waals surface area contributed by atoms with Crippen LogP contribution in [0, 0.1) is 34.1 Å². The van der Waals surface area contributed by atoms with E-state index >= 15 is 0 Å². The molecule has 0 aromatic carbocycles. The van der Waals surface area contributed by atoms with E-state index in [0.29, 0.717) is 23.0 Å². The molecule has 23 heavy (non-hydrogen) atoms. The summed E-state index contributed by atoms with van der Waals surface area (Å²) in [6.07, 6.45) is 5.57. The Kier molecular flexibility index (Phi) is 6.20. The number of carbonyl (C=O) groups is 1. The second kappa shape index (κ2) is 7.32. The maximum Gasteiger partial charge on any atom is 0.172 e. The summed E-state index contributed by atoms with van der Waals surface area (Å²) < 4.78 is 0. The Hall–Kier alpha value is -1.58. The quantitative estimate of drug-likeness (QED) is 0.412. The van der Waals surface area contributed by atoms with Crippen LogP contribution in [0.3, 0.4) is 0 Å². The van der Waals surface area contributed by atoms with E-state index in [-0.39, 0.29) is 5.78 Å². The number of carbonyl (C=O) groups excluding carboxylic acids is 1. The van der Waals surface area contributed by atoms with Gasteiger partial charge in [0.25, 0.3) is 0 Å². The van der Waals surface area contributed by atoms with Crippen molar-refractivity contribution in [3.05, 3.63) is 24.8 Å². The topological polar surface area (TPSA) is 40.9 Å². The van der Waals surface area contributed by atoms with Crippen LogP contribution >= 0.6 is 0 Å². The predicted molar refractivity (Wildman–Crippen MR) is 99.3 cm³/mol. The summed E-state index contributed by atoms with van der Waals surface area (Å²) in [4.78, 5) is 11.8. The van der Waals surface area contributed by atoms with Crippen molar-refractivity contribution in [1.29, 1.82) is 5.26 Å². The number of hydrogen-bond acceptors (Lipinski definition) is 2. The smallest absolute Gasteiger partial charge is 0.172 e. The second-order valence-electron chi connectivity index (χ2n) is 7.51. The molecule has 0 bridgehead atoms. The van der Waals surface area contributed by atoms with Crippen LogP contribution in [0.5, 0.6) is 0 Å². The van der Waals surface area contributed by atoms with Gasteiger partial charge in [-0.3, -0.25) is 4.79 Å². The van der Waals surface area contributed by atoms with E-state index in [2.05, 4.69) is 65.7 Å². The molecule has 0 fully saturated rings. The van der Waals surface area contributed by atoms with Crippen molar-refractivity contribution in [2.24, 2.45) is 11.3 Å². The Morgan fingerprint density at radius 1 is 1.26 bits per heavy atom. The van der Waals surface area contributed by atoms with Crippen LogP contribution < -0.4 is 0 Å². The molecular formula is C20H29NOSi. The Bertz CT molecular complexity index is 576. The molecule has 0 aliphatic heterocycles. The van der Waals surface area contributed by atoms with Crippen LogP contribution in [-0.2, 0) is 4.79 Å². The lowest BCUT2D eigenvalue weighted by molar-refractivity contribution is -0.117. The van der Waals surface area contributed by atoms with Gasteiger partial charge in [-0.1, -0.05) is 59.6 Å². The van der Waals surface area contributed by atoms with Gasteiger partial charge < -0.3 is 0 Å². The van der Waals surface area contributed by atoms with Crippen molar-refractivity contribution in [3.63, 3.8) is 0 Å². The van der Waals surface area contributed by atoms with Crippen LogP contribution in [0.2, 0.25) is 16.6 Å². The average molecular weight is 328 g/mol. The van der Waals surface area contributed by atoms with Gasteiger partial charge in [0.15, 0.2) is 5.78 Å². The molecule has 1 rings (SSSR count). The highest BCUT2D eigenvalue weighted by Gasteiger charge is 2.42. The monoisotopic (exact) mass is 327 g/mol. The standard InChI is InChI=1S/C20H29NOSi/c1-8-20(10-9-19(22)18(13-20)14-21)11-12-23(15(2)3,16(4)5)17(6)7/h8-10,15-18H,1,13H2,2-7H3. The van der Waals surface area contributed by atoms with E-state index in [1.165, 1.54) is 6.08 Å². The molecular weight excluding hydrogens is 298 g/mol. The molecule has 1 aliphatic carbocycles. The first-order chi connectivity index (χ1) is 10.6. The Morgan fingerprint density at radius 2 is 1.78 bits per heavy atom. The normalized spacial score (nSPS) is 24.5. The summed E-state index contributed by atoms with van der Waals surface area (Å²) in [5.74, 6) is 2.73. The second-order valence-corrected chi connectivity index (χ2v) is 13.1. The summed E-state index contributed by atoms with van der Waals surface area (Å²) in [7, 11) is -1.83. The zero-order valence-electron chi connectivity index (χ0n) is 15.3. The maximum atomic E-state index is 11.8. The van der Waals surface area contributed by atoms with Gasteiger partial charge in [-0.25, -0.2) is 0 Å². The highest BCUT2D eigenvalue weighted by atomic mass is 28.3. The third-order valence-corrected chi connectivity index (χ3v) is 11.6. The van der Waals surface area contributed by atoms with Crippen LogP contribution in [-0.4, -0.2) is 13.9 Å². The lowest BCUT2D eigenvalue weighted by Crippen LogP contribution is -2.43. The molecule has 3 heteroatoms. The fourth-order valence-electron chi connectivity index (χ4n) is 3.92. The van der Waals surface area contributed by atoms with Gasteiger partial charge in [-0.15, -0.1) is 12.1 Å². The SMILES string of the molecule is C=CC1(C#C[Si](C(C)C)(C(C)C)C(C)C)C=CC(=O)C(C#N)C1. The molecule has 124 valence electrons. The molecule has 1 aliphatic rings. The maximum absolute atomic E-state index is 11.8. The Labute approximate surface area is 142 Å². The van der Waals surface area contributed by atoms with Crippen LogP contribution in [0.4, 0.5) is 0 Å². The fraction of sp³-hybridized carbons (Fsp3) is 0.600. The van der Waals surface area contributed by atoms with E-state index in [1.807, 2.05) is 6.08 Å². The first-order valence-corrected chi connectivity index (χ1v) is 10.7. The van der Waals surface area contributed by atoms with Crippen molar-refractivity contribution in [2.45, 2.75) is 64.6 Å². The van der Waals surface area contributed by atoms with E-state index < -0.39 is 19.4 Å². The average Bonchev–Trinajstić information content (AvgIpc) is 2.48. The minimum atomic E-state index is -1.83. The van der Waals surface area contributed by atoms with Crippen LogP contribution in [0.25, 0.3) is 0 Å². The molecule has 2 atom stereocenters. The zero-order chi connectivity index (χ0) is 17.8. The molecule has 0 saturated carbocycles. The minimum absolute atomic E-state index is 0.119. The largest absolute Gasteiger partial charge is 0.293 e. The number of rotatable bonds is 4. The van der Waals surface area contributed by atoms with Crippen LogP contribution in [0.15, 0.2) is 24.8 Å². The first kappa shape index (κ1) is 19.5. The van der Waals surface area contributed by atoms with Gasteiger partial charge >= 0.3 is 0 Å². The van der Waals surface area contributed by atoms with Gasteiger partial charge in [0.1, 0.15) is 14.0 Å². The van der Waals surface area contributed by atoms with Crippen molar-refractivity contribution in [2.75, 3.05) is 0 Å². The highest BCUT2D eigenvalue weighted by molar-refractivity contribution is 6.90. The van der Waals surface area contributed by atoms with Crippen LogP contribution in [0.1, 0.15) is 48.0 Å². The number of hydrogen-bond donors (Lipinski definition) is 0. The summed E-state index contributed by atoms with van der Waals surface area (Å²) in [5, 5.41) is 9.20. The van der Waals surface area contributed by atoms with Gasteiger partial charge in [0.05, 0.1) is 11.5 Å². The highest BCUT2D eigenvalue weighted by Crippen LogP contribution is 2.42. The molecule has 2 nitrogen and oxygen atoms in total. The molecule has 0 amide bonds. The predicted octanol–water partition coefficient (Wildman–Crippen LogP) is 5.05. The van der Waals surface area contributed by atoms with Gasteiger partial charge in [-0.05, 0) is 29.1 Å². The summed E-state index contributed by atoms with van der Waals surface area (Å²) in [6, 6.07) is 2.10. The lowest BCUT2D eigenvalue weighted by atomic mass is 9.75. The Balaban J connectivity index is 3.39. The van der Waals surface area contributed by atoms with Gasteiger partial charge in [0.2, 0.25) is 0 Å². The number of nitrogens with zero attached hydrogens (tertiary/aromatic N) is 1. The van der Waals surface area contributed by atoms with E-state index in [4.69, 9.17) is 0 Å². The number of nitriles is 1. The van der Waals surface area contributed by atoms with Crippen molar-refractivity contribution >= 4 is 13.9 Å².